The van der Waals surface area contributed by atoms with E-state index in [0.29, 0.717) is 0 Å². The summed E-state index contributed by atoms with van der Waals surface area (Å²) in [7, 11) is 0. The van der Waals surface area contributed by atoms with E-state index >= 15 is 0 Å². The third kappa shape index (κ3) is 2.88. The van der Waals surface area contributed by atoms with Gasteiger partial charge < -0.3 is 4.74 Å². The van der Waals surface area contributed by atoms with Crippen molar-refractivity contribution in [3.05, 3.63) is 0 Å². The Morgan fingerprint density at radius 3 is 2.57 bits per heavy atom. The molecule has 0 aliphatic heterocycles. The zero-order chi connectivity index (χ0) is 10.6. The lowest BCUT2D eigenvalue weighted by atomic mass is 10.1. The van der Waals surface area contributed by atoms with Crippen LogP contribution in [0.5, 0.6) is 0 Å². The van der Waals surface area contributed by atoms with Crippen LogP contribution in [0.25, 0.3) is 0 Å². The van der Waals surface area contributed by atoms with Crippen molar-refractivity contribution in [3.8, 4) is 0 Å². The first-order valence-corrected chi connectivity index (χ1v) is 4.59. The number of hydrogen-bond donors (Lipinski definition) is 2. The van der Waals surface area contributed by atoms with E-state index in [4.69, 9.17) is 0 Å². The number of nitrogens with one attached hydrogen (secondary N) is 1. The van der Waals surface area contributed by atoms with Crippen LogP contribution < -0.4 is 11.3 Å². The molecule has 0 bridgehead atoms. The van der Waals surface area contributed by atoms with Crippen LogP contribution in [0.1, 0.15) is 25.7 Å². The lowest BCUT2D eigenvalue weighted by Crippen LogP contribution is -2.45. The highest BCUT2D eigenvalue weighted by Gasteiger charge is 2.40. The van der Waals surface area contributed by atoms with Gasteiger partial charge in [-0.2, -0.15) is 8.78 Å². The molecule has 0 spiro atoms. The summed E-state index contributed by atoms with van der Waals surface area (Å²) in [5.74, 6) is 3.13. The van der Waals surface area contributed by atoms with Crippen LogP contribution >= 0.6 is 0 Å². The van der Waals surface area contributed by atoms with E-state index in [2.05, 4.69) is 10.6 Å². The molecule has 1 rings (SSSR count). The second-order valence-electron chi connectivity index (χ2n) is 3.45. The molecule has 4 nitrogen and oxygen atoms in total. The summed E-state index contributed by atoms with van der Waals surface area (Å²) >= 11 is 0. The maximum atomic E-state index is 12.8. The summed E-state index contributed by atoms with van der Waals surface area (Å²) in [5.41, 5.74) is 1.37. The van der Waals surface area contributed by atoms with Crippen molar-refractivity contribution in [1.82, 2.24) is 5.43 Å². The highest BCUT2D eigenvalue weighted by Crippen LogP contribution is 2.27. The first kappa shape index (κ1) is 11.3. The fraction of sp³-hybridized carbons (Fsp3) is 0.875. The molecule has 1 amide bonds. The van der Waals surface area contributed by atoms with Crippen LogP contribution in [0.2, 0.25) is 0 Å². The molecular formula is C8H14F2N2O2. The molecule has 0 atom stereocenters. The molecule has 6 heteroatoms. The van der Waals surface area contributed by atoms with Gasteiger partial charge in [0, 0.05) is 0 Å². The monoisotopic (exact) mass is 208 g/mol. The number of hydrogen-bond acceptors (Lipinski definition) is 3. The normalized spacial score (nSPS) is 18.5. The predicted octanol–water partition coefficient (Wildman–Crippen LogP) is 0.776. The molecule has 0 aromatic carbocycles. The van der Waals surface area contributed by atoms with Gasteiger partial charge in [-0.15, -0.1) is 0 Å². The molecule has 0 saturated heterocycles. The Morgan fingerprint density at radius 2 is 2.07 bits per heavy atom. The van der Waals surface area contributed by atoms with Gasteiger partial charge >= 0.3 is 12.0 Å². The van der Waals surface area contributed by atoms with Gasteiger partial charge in [-0.25, -0.2) is 5.84 Å². The van der Waals surface area contributed by atoms with E-state index in [9.17, 15) is 13.6 Å². The number of carbonyl (C=O) groups is 1. The Balaban J connectivity index is 2.31. The summed E-state index contributed by atoms with van der Waals surface area (Å²) < 4.78 is 29.8. The molecule has 0 radical (unpaired) electrons. The van der Waals surface area contributed by atoms with Crippen molar-refractivity contribution >= 4 is 5.91 Å². The maximum Gasteiger partial charge on any atom is 0.437 e. The lowest BCUT2D eigenvalue weighted by Gasteiger charge is -2.17. The first-order valence-electron chi connectivity index (χ1n) is 4.59. The van der Waals surface area contributed by atoms with Crippen molar-refractivity contribution in [2.24, 2.45) is 11.8 Å². The molecule has 1 aliphatic rings. The van der Waals surface area contributed by atoms with Gasteiger partial charge in [0.25, 0.3) is 0 Å². The molecular weight excluding hydrogens is 194 g/mol. The second kappa shape index (κ2) is 4.65. The summed E-state index contributed by atoms with van der Waals surface area (Å²) in [6, 6.07) is 0. The lowest BCUT2D eigenvalue weighted by molar-refractivity contribution is -0.235. The van der Waals surface area contributed by atoms with Crippen molar-refractivity contribution in [1.29, 1.82) is 0 Å². The summed E-state index contributed by atoms with van der Waals surface area (Å²) in [6.45, 7) is -0.0829. The third-order valence-electron chi connectivity index (χ3n) is 2.37. The average Bonchev–Trinajstić information content (AvgIpc) is 2.66. The van der Waals surface area contributed by atoms with E-state index in [1.54, 1.807) is 0 Å². The predicted molar refractivity (Wildman–Crippen MR) is 45.2 cm³/mol. The van der Waals surface area contributed by atoms with Crippen LogP contribution in [0.4, 0.5) is 8.78 Å². The minimum absolute atomic E-state index is 0.0829. The van der Waals surface area contributed by atoms with E-state index in [0.717, 1.165) is 25.7 Å². The topological polar surface area (TPSA) is 64.3 Å². The smallest absolute Gasteiger partial charge is 0.312 e. The van der Waals surface area contributed by atoms with Crippen molar-refractivity contribution in [2.45, 2.75) is 31.8 Å². The minimum Gasteiger partial charge on any atom is -0.312 e. The molecule has 0 aromatic heterocycles. The van der Waals surface area contributed by atoms with Crippen LogP contribution in [0.3, 0.4) is 0 Å². The zero-order valence-corrected chi connectivity index (χ0v) is 7.76. The summed E-state index contributed by atoms with van der Waals surface area (Å²) in [5, 5.41) is 0. The molecule has 0 aromatic rings. The number of halogens is 2. The van der Waals surface area contributed by atoms with E-state index < -0.39 is 12.0 Å². The molecule has 14 heavy (non-hydrogen) atoms. The van der Waals surface area contributed by atoms with Crippen molar-refractivity contribution < 1.29 is 18.3 Å². The van der Waals surface area contributed by atoms with Crippen LogP contribution in [-0.4, -0.2) is 18.6 Å². The Hall–Kier alpha value is -0.750. The van der Waals surface area contributed by atoms with Gasteiger partial charge in [0.1, 0.15) is 0 Å². The fourth-order valence-corrected chi connectivity index (χ4v) is 1.55. The standard InChI is InChI=1S/C8H14F2N2O2/c9-8(10,7(13)12-11)14-5-6-3-1-2-4-6/h6H,1-5,11H2,(H,12,13). The Labute approximate surface area is 80.8 Å². The van der Waals surface area contributed by atoms with E-state index in [1.165, 1.54) is 5.43 Å². The number of carbonyl (C=O) groups excluding carboxylic acids is 1. The van der Waals surface area contributed by atoms with Gasteiger partial charge in [-0.05, 0) is 18.8 Å². The average molecular weight is 208 g/mol. The van der Waals surface area contributed by atoms with Crippen LogP contribution in [-0.2, 0) is 9.53 Å². The number of rotatable bonds is 4. The number of alkyl halides is 2. The van der Waals surface area contributed by atoms with Crippen LogP contribution in [0.15, 0.2) is 0 Å². The Morgan fingerprint density at radius 1 is 1.50 bits per heavy atom. The Kier molecular flexibility index (Phi) is 3.77. The highest BCUT2D eigenvalue weighted by molar-refractivity contribution is 5.81. The summed E-state index contributed by atoms with van der Waals surface area (Å²) in [6.07, 6.45) is 0.0589. The molecule has 1 saturated carbocycles. The van der Waals surface area contributed by atoms with Gasteiger partial charge in [0.15, 0.2) is 0 Å². The third-order valence-corrected chi connectivity index (χ3v) is 2.37. The number of hydrazine groups is 1. The first-order chi connectivity index (χ1) is 6.56. The molecule has 1 fully saturated rings. The highest BCUT2D eigenvalue weighted by atomic mass is 19.3. The van der Waals surface area contributed by atoms with E-state index in [-0.39, 0.29) is 12.5 Å². The SMILES string of the molecule is NNC(=O)C(F)(F)OCC1CCCC1. The molecule has 0 unspecified atom stereocenters. The van der Waals surface area contributed by atoms with Crippen LogP contribution in [0, 0.1) is 5.92 Å². The van der Waals surface area contributed by atoms with Crippen molar-refractivity contribution in [2.75, 3.05) is 6.61 Å². The summed E-state index contributed by atoms with van der Waals surface area (Å²) in [4.78, 5) is 10.5. The quantitative estimate of drug-likeness (QED) is 0.407. The van der Waals surface area contributed by atoms with Crippen molar-refractivity contribution in [3.63, 3.8) is 0 Å². The largest absolute Gasteiger partial charge is 0.437 e. The molecule has 82 valence electrons. The zero-order valence-electron chi connectivity index (χ0n) is 7.76. The maximum absolute atomic E-state index is 12.8. The fourth-order valence-electron chi connectivity index (χ4n) is 1.55. The van der Waals surface area contributed by atoms with Gasteiger partial charge in [0.2, 0.25) is 0 Å². The minimum atomic E-state index is -3.81. The van der Waals surface area contributed by atoms with Gasteiger partial charge in [0.05, 0.1) is 6.61 Å². The molecule has 0 heterocycles. The van der Waals surface area contributed by atoms with Gasteiger partial charge in [-0.1, -0.05) is 12.8 Å². The van der Waals surface area contributed by atoms with E-state index in [1.807, 2.05) is 0 Å². The number of nitrogens with two attached hydrogens (primary N) is 1. The molecule has 3 N–H and O–H groups in total. The Bertz CT molecular complexity index is 206. The second-order valence-corrected chi connectivity index (χ2v) is 3.45. The molecule has 1 aliphatic carbocycles. The number of amides is 1. The van der Waals surface area contributed by atoms with Gasteiger partial charge in [-0.3, -0.25) is 10.2 Å². The number of ether oxygens (including phenoxy) is 1.